The normalized spacial score (nSPS) is 12.5. The second kappa shape index (κ2) is 8.47. The summed E-state index contributed by atoms with van der Waals surface area (Å²) >= 11 is 1.05. The lowest BCUT2D eigenvalue weighted by atomic mass is 10.2. The highest BCUT2D eigenvalue weighted by Gasteiger charge is 2.31. The molecule has 0 radical (unpaired) electrons. The highest BCUT2D eigenvalue weighted by atomic mass is 35.5. The summed E-state index contributed by atoms with van der Waals surface area (Å²) in [6.45, 7) is 0.196. The van der Waals surface area contributed by atoms with E-state index in [0.29, 0.717) is 10.2 Å². The lowest BCUT2D eigenvalue weighted by Crippen LogP contribution is -2.28. The van der Waals surface area contributed by atoms with E-state index >= 15 is 0 Å². The van der Waals surface area contributed by atoms with Crippen LogP contribution in [-0.2, 0) is 9.53 Å². The van der Waals surface area contributed by atoms with Crippen molar-refractivity contribution in [1.29, 1.82) is 0 Å². The van der Waals surface area contributed by atoms with Crippen LogP contribution in [0.1, 0.15) is 6.42 Å². The molecule has 134 valence electrons. The molecule has 1 amide bonds. The Morgan fingerprint density at radius 1 is 1.46 bits per heavy atom. The number of rotatable bonds is 6. The number of methoxy groups -OCH3 is 1. The van der Waals surface area contributed by atoms with E-state index in [-0.39, 0.29) is 42.2 Å². The number of halogens is 4. The van der Waals surface area contributed by atoms with Crippen molar-refractivity contribution in [3.8, 4) is 5.75 Å². The Bertz CT molecular complexity index is 692. The van der Waals surface area contributed by atoms with Gasteiger partial charge in [0.15, 0.2) is 5.13 Å². The number of anilines is 1. The van der Waals surface area contributed by atoms with E-state index in [0.717, 1.165) is 17.4 Å². The van der Waals surface area contributed by atoms with Crippen molar-refractivity contribution >= 4 is 45.0 Å². The summed E-state index contributed by atoms with van der Waals surface area (Å²) in [4.78, 5) is 15.9. The summed E-state index contributed by atoms with van der Waals surface area (Å²) < 4.78 is 45.9. The number of ether oxygens (including phenoxy) is 2. The summed E-state index contributed by atoms with van der Waals surface area (Å²) in [5.41, 5.74) is 5.89. The lowest BCUT2D eigenvalue weighted by Gasteiger charge is -2.11. The number of carbonyl (C=O) groups is 1. The first-order chi connectivity index (χ1) is 10.8. The molecular formula is C13H15ClF3N3O3S. The van der Waals surface area contributed by atoms with Crippen molar-refractivity contribution < 1.29 is 27.4 Å². The highest BCUT2D eigenvalue weighted by Crippen LogP contribution is 2.31. The average Bonchev–Trinajstić information content (AvgIpc) is 2.84. The number of nitrogens with two attached hydrogens (primary N) is 1. The van der Waals surface area contributed by atoms with Crippen molar-refractivity contribution in [1.82, 2.24) is 4.98 Å². The number of hydrogen-bond donors (Lipinski definition) is 2. The van der Waals surface area contributed by atoms with Gasteiger partial charge in [0.25, 0.3) is 0 Å². The number of benzene rings is 1. The van der Waals surface area contributed by atoms with Crippen LogP contribution in [0.25, 0.3) is 10.2 Å². The molecule has 1 aromatic heterocycles. The van der Waals surface area contributed by atoms with Crippen LogP contribution in [0.4, 0.5) is 18.3 Å². The van der Waals surface area contributed by atoms with Gasteiger partial charge in [-0.25, -0.2) is 4.98 Å². The fraction of sp³-hybridized carbons (Fsp3) is 0.385. The Balaban J connectivity index is 0.00000288. The van der Waals surface area contributed by atoms with Crippen molar-refractivity contribution in [2.24, 2.45) is 5.73 Å². The van der Waals surface area contributed by atoms with Gasteiger partial charge in [-0.15, -0.1) is 25.6 Å². The quantitative estimate of drug-likeness (QED) is 0.798. The van der Waals surface area contributed by atoms with Gasteiger partial charge in [0.2, 0.25) is 5.91 Å². The maximum Gasteiger partial charge on any atom is 0.573 e. The molecule has 1 aromatic carbocycles. The van der Waals surface area contributed by atoms with Crippen LogP contribution < -0.4 is 15.8 Å². The SMILES string of the molecule is COC(CN)CC(=O)Nc1nc2ccc(OC(F)(F)F)cc2s1.Cl. The molecule has 1 atom stereocenters. The molecule has 2 aromatic rings. The van der Waals surface area contributed by atoms with E-state index in [1.54, 1.807) is 0 Å². The third kappa shape index (κ3) is 5.78. The molecule has 0 bridgehead atoms. The van der Waals surface area contributed by atoms with Crippen LogP contribution in [0, 0.1) is 0 Å². The van der Waals surface area contributed by atoms with E-state index < -0.39 is 12.5 Å². The Hall–Kier alpha value is -1.62. The van der Waals surface area contributed by atoms with Crippen LogP contribution in [0.15, 0.2) is 18.2 Å². The van der Waals surface area contributed by atoms with Gasteiger partial charge in [-0.05, 0) is 12.1 Å². The first-order valence-electron chi connectivity index (χ1n) is 6.50. The molecule has 11 heteroatoms. The van der Waals surface area contributed by atoms with Gasteiger partial charge in [0, 0.05) is 19.7 Å². The molecule has 0 saturated heterocycles. The lowest BCUT2D eigenvalue weighted by molar-refractivity contribution is -0.274. The van der Waals surface area contributed by atoms with Gasteiger partial charge >= 0.3 is 6.36 Å². The molecule has 0 saturated carbocycles. The van der Waals surface area contributed by atoms with E-state index in [2.05, 4.69) is 15.0 Å². The third-order valence-electron chi connectivity index (χ3n) is 2.85. The fourth-order valence-corrected chi connectivity index (χ4v) is 2.71. The number of thiazole rings is 1. The molecule has 1 heterocycles. The van der Waals surface area contributed by atoms with E-state index in [9.17, 15) is 18.0 Å². The number of alkyl halides is 3. The Kier molecular flexibility index (Phi) is 7.21. The summed E-state index contributed by atoms with van der Waals surface area (Å²) in [5.74, 6) is -0.678. The molecule has 0 fully saturated rings. The van der Waals surface area contributed by atoms with Gasteiger partial charge < -0.3 is 20.5 Å². The van der Waals surface area contributed by atoms with Crippen molar-refractivity contribution in [2.75, 3.05) is 19.0 Å². The molecule has 24 heavy (non-hydrogen) atoms. The average molecular weight is 386 g/mol. The van der Waals surface area contributed by atoms with Crippen molar-refractivity contribution in [3.05, 3.63) is 18.2 Å². The Morgan fingerprint density at radius 3 is 2.75 bits per heavy atom. The Morgan fingerprint density at radius 2 is 2.17 bits per heavy atom. The largest absolute Gasteiger partial charge is 0.573 e. The molecule has 0 aliphatic rings. The highest BCUT2D eigenvalue weighted by molar-refractivity contribution is 7.22. The van der Waals surface area contributed by atoms with Crippen LogP contribution in [-0.4, -0.2) is 37.0 Å². The summed E-state index contributed by atoms with van der Waals surface area (Å²) in [6.07, 6.45) is -5.10. The fourth-order valence-electron chi connectivity index (χ4n) is 1.80. The molecule has 6 nitrogen and oxygen atoms in total. The van der Waals surface area contributed by atoms with E-state index in [4.69, 9.17) is 10.5 Å². The Labute approximate surface area is 145 Å². The van der Waals surface area contributed by atoms with E-state index in [1.807, 2.05) is 0 Å². The number of hydrogen-bond acceptors (Lipinski definition) is 6. The zero-order valence-corrected chi connectivity index (χ0v) is 14.1. The van der Waals surface area contributed by atoms with Crippen LogP contribution in [0.2, 0.25) is 0 Å². The number of aromatic nitrogens is 1. The predicted molar refractivity (Wildman–Crippen MR) is 86.6 cm³/mol. The number of nitrogens with one attached hydrogen (secondary N) is 1. The number of amides is 1. The first kappa shape index (κ1) is 20.4. The van der Waals surface area contributed by atoms with Gasteiger partial charge in [0.1, 0.15) is 5.75 Å². The molecule has 0 aliphatic carbocycles. The smallest absolute Gasteiger partial charge is 0.406 e. The minimum atomic E-state index is -4.76. The zero-order chi connectivity index (χ0) is 17.0. The van der Waals surface area contributed by atoms with Gasteiger partial charge in [-0.2, -0.15) is 0 Å². The minimum Gasteiger partial charge on any atom is -0.406 e. The third-order valence-corrected chi connectivity index (χ3v) is 3.78. The monoisotopic (exact) mass is 385 g/mol. The first-order valence-corrected chi connectivity index (χ1v) is 7.31. The molecule has 0 spiro atoms. The molecule has 3 N–H and O–H groups in total. The zero-order valence-electron chi connectivity index (χ0n) is 12.4. The topological polar surface area (TPSA) is 86.5 Å². The van der Waals surface area contributed by atoms with Gasteiger partial charge in [-0.1, -0.05) is 11.3 Å². The second-order valence-electron chi connectivity index (χ2n) is 4.54. The number of nitrogens with zero attached hydrogens (tertiary/aromatic N) is 1. The van der Waals surface area contributed by atoms with E-state index in [1.165, 1.54) is 19.2 Å². The number of carbonyl (C=O) groups excluding carboxylic acids is 1. The number of fused-ring (bicyclic) bond motifs is 1. The standard InChI is InChI=1S/C13H14F3N3O3S.ClH/c1-21-8(6-17)5-11(20)19-12-18-9-3-2-7(4-10(9)23-12)22-13(14,15)16;/h2-4,8H,5-6,17H2,1H3,(H,18,19,20);1H. The van der Waals surface area contributed by atoms with Gasteiger partial charge in [0.05, 0.1) is 22.7 Å². The molecular weight excluding hydrogens is 371 g/mol. The molecule has 1 unspecified atom stereocenters. The second-order valence-corrected chi connectivity index (χ2v) is 5.57. The van der Waals surface area contributed by atoms with Gasteiger partial charge in [-0.3, -0.25) is 4.79 Å². The summed E-state index contributed by atoms with van der Waals surface area (Å²) in [6, 6.07) is 3.77. The summed E-state index contributed by atoms with van der Waals surface area (Å²) in [7, 11) is 1.45. The maximum absolute atomic E-state index is 12.2. The maximum atomic E-state index is 12.2. The van der Waals surface area contributed by atoms with Crippen molar-refractivity contribution in [2.45, 2.75) is 18.9 Å². The molecule has 2 rings (SSSR count). The predicted octanol–water partition coefficient (Wildman–Crippen LogP) is 2.92. The van der Waals surface area contributed by atoms with Crippen LogP contribution in [0.5, 0.6) is 5.75 Å². The van der Waals surface area contributed by atoms with Crippen molar-refractivity contribution in [3.63, 3.8) is 0 Å². The molecule has 0 aliphatic heterocycles. The van der Waals surface area contributed by atoms with Crippen LogP contribution in [0.3, 0.4) is 0 Å². The summed E-state index contributed by atoms with van der Waals surface area (Å²) in [5, 5.41) is 2.85. The minimum absolute atomic E-state index is 0. The van der Waals surface area contributed by atoms with Crippen LogP contribution >= 0.6 is 23.7 Å².